The van der Waals surface area contributed by atoms with E-state index in [2.05, 4.69) is 4.74 Å². The van der Waals surface area contributed by atoms with E-state index < -0.39 is 16.6 Å². The second-order valence-corrected chi connectivity index (χ2v) is 5.08. The molecule has 0 radical (unpaired) electrons. The van der Waals surface area contributed by atoms with Crippen LogP contribution in [0, 0.1) is 0 Å². The highest BCUT2D eigenvalue weighted by Crippen LogP contribution is 2.43. The van der Waals surface area contributed by atoms with Gasteiger partial charge in [-0.3, -0.25) is 0 Å². The highest BCUT2D eigenvalue weighted by molar-refractivity contribution is 6.66. The lowest BCUT2D eigenvalue weighted by molar-refractivity contribution is -0.0672. The molecule has 0 bridgehead atoms. The van der Waals surface area contributed by atoms with Gasteiger partial charge in [-0.1, -0.05) is 53.0 Å². The van der Waals surface area contributed by atoms with Crippen molar-refractivity contribution in [2.24, 2.45) is 0 Å². The maximum atomic E-state index is 12.7. The Hall–Kier alpha value is -0.320. The van der Waals surface area contributed by atoms with E-state index in [1.165, 1.54) is 24.3 Å². The van der Waals surface area contributed by atoms with E-state index in [0.717, 1.165) is 0 Å². The summed E-state index contributed by atoms with van der Waals surface area (Å²) in [5.74, 6) is -0.227. The van der Waals surface area contributed by atoms with E-state index in [1.807, 2.05) is 0 Å². The van der Waals surface area contributed by atoms with Gasteiger partial charge >= 0.3 is 6.43 Å². The predicted molar refractivity (Wildman–Crippen MR) is 57.2 cm³/mol. The Balaban J connectivity index is 2.96. The van der Waals surface area contributed by atoms with Gasteiger partial charge in [-0.05, 0) is 6.07 Å². The molecule has 0 aliphatic rings. The second-order valence-electron chi connectivity index (χ2n) is 2.80. The van der Waals surface area contributed by atoms with Crippen LogP contribution in [-0.4, -0.2) is 12.8 Å². The topological polar surface area (TPSA) is 9.23 Å². The largest absolute Gasteiger partial charge is 0.454 e. The van der Waals surface area contributed by atoms with Crippen LogP contribution in [0.2, 0.25) is 0 Å². The molecule has 0 amide bonds. The molecule has 1 aromatic rings. The molecule has 0 fully saturated rings. The van der Waals surface area contributed by atoms with Crippen LogP contribution in [0.15, 0.2) is 24.3 Å². The minimum Gasteiger partial charge on any atom is -0.454 e. The third kappa shape index (κ3) is 3.61. The molecule has 0 aliphatic heterocycles. The van der Waals surface area contributed by atoms with Gasteiger partial charge in [0, 0.05) is 5.56 Å². The number of hydrogen-bond acceptors (Lipinski definition) is 1. The second kappa shape index (κ2) is 5.34. The highest BCUT2D eigenvalue weighted by Gasteiger charge is 2.29. The molecule has 7 heteroatoms. The minimum atomic E-state index is -3.26. The molecule has 1 rings (SSSR count). The fraction of sp³-hybridized carbons (Fsp3) is 0.333. The van der Waals surface area contributed by atoms with Crippen LogP contribution >= 0.6 is 34.8 Å². The Morgan fingerprint density at radius 2 is 1.62 bits per heavy atom. The average molecular weight is 293 g/mol. The summed E-state index contributed by atoms with van der Waals surface area (Å²) in [7, 11) is 0. The lowest BCUT2D eigenvalue weighted by atomic mass is 10.2. The third-order valence-corrected chi connectivity index (χ3v) is 2.24. The van der Waals surface area contributed by atoms with Crippen molar-refractivity contribution in [2.75, 3.05) is 0 Å². The lowest BCUT2D eigenvalue weighted by Crippen LogP contribution is -2.21. The summed E-state index contributed by atoms with van der Waals surface area (Å²) in [5.41, 5.74) is 0.00306. The molecule has 16 heavy (non-hydrogen) atoms. The number of para-hydroxylation sites is 1. The van der Waals surface area contributed by atoms with Gasteiger partial charge in [0.25, 0.3) is 6.36 Å². The zero-order valence-corrected chi connectivity index (χ0v) is 9.91. The van der Waals surface area contributed by atoms with E-state index in [4.69, 9.17) is 34.8 Å². The summed E-state index contributed by atoms with van der Waals surface area (Å²) >= 11 is 16.7. The van der Waals surface area contributed by atoms with Crippen molar-refractivity contribution in [3.63, 3.8) is 0 Å². The summed E-state index contributed by atoms with van der Waals surface area (Å²) in [4.78, 5) is 0. The van der Waals surface area contributed by atoms with E-state index in [-0.39, 0.29) is 11.3 Å². The van der Waals surface area contributed by atoms with Crippen molar-refractivity contribution in [2.45, 2.75) is 16.6 Å². The normalized spacial score (nSPS) is 13.9. The summed E-state index contributed by atoms with van der Waals surface area (Å²) in [5, 5.41) is 0. The molecule has 0 saturated carbocycles. The average Bonchev–Trinajstić information content (AvgIpc) is 2.16. The van der Waals surface area contributed by atoms with Crippen LogP contribution < -0.4 is 4.74 Å². The van der Waals surface area contributed by atoms with E-state index >= 15 is 0 Å². The SMILES string of the molecule is FC(F)C(F)Oc1ccccc1C(Cl)(Cl)Cl. The smallest absolute Gasteiger partial charge is 0.304 e. The van der Waals surface area contributed by atoms with Crippen LogP contribution in [0.1, 0.15) is 5.56 Å². The molecular formula is C9H6Cl3F3O. The molecule has 1 nitrogen and oxygen atoms in total. The fourth-order valence-corrected chi connectivity index (χ4v) is 1.44. The van der Waals surface area contributed by atoms with Gasteiger partial charge in [0.05, 0.1) is 0 Å². The summed E-state index contributed by atoms with van der Waals surface area (Å²) in [6.07, 6.45) is -6.02. The van der Waals surface area contributed by atoms with E-state index in [1.54, 1.807) is 0 Å². The summed E-state index contributed by atoms with van der Waals surface area (Å²) in [6, 6.07) is 5.56. The van der Waals surface area contributed by atoms with Crippen LogP contribution in [0.25, 0.3) is 0 Å². The Bertz CT molecular complexity index is 354. The first-order valence-electron chi connectivity index (χ1n) is 4.07. The van der Waals surface area contributed by atoms with Gasteiger partial charge in [0.1, 0.15) is 5.75 Å². The third-order valence-electron chi connectivity index (χ3n) is 1.63. The first kappa shape index (κ1) is 13.7. The van der Waals surface area contributed by atoms with E-state index in [0.29, 0.717) is 0 Å². The number of halogens is 6. The minimum absolute atomic E-state index is 0.00306. The number of ether oxygens (including phenoxy) is 1. The first-order valence-corrected chi connectivity index (χ1v) is 5.21. The van der Waals surface area contributed by atoms with Crippen molar-refractivity contribution < 1.29 is 17.9 Å². The predicted octanol–water partition coefficient (Wildman–Crippen LogP) is 4.45. The number of benzene rings is 1. The van der Waals surface area contributed by atoms with Gasteiger partial charge in [-0.2, -0.15) is 4.39 Å². The molecule has 1 atom stereocenters. The summed E-state index contributed by atoms with van der Waals surface area (Å²) < 4.78 is 39.1. The molecular weight excluding hydrogens is 287 g/mol. The fourth-order valence-electron chi connectivity index (χ4n) is 0.976. The number of alkyl halides is 6. The molecule has 0 heterocycles. The Labute approximate surface area is 105 Å². The van der Waals surface area contributed by atoms with Gasteiger partial charge in [-0.25, -0.2) is 8.78 Å². The van der Waals surface area contributed by atoms with Gasteiger partial charge < -0.3 is 4.74 Å². The molecule has 0 N–H and O–H groups in total. The number of hydrogen-bond donors (Lipinski definition) is 0. The molecule has 1 aromatic carbocycles. The summed E-state index contributed by atoms with van der Waals surface area (Å²) in [6.45, 7) is 0. The number of rotatable bonds is 3. The highest BCUT2D eigenvalue weighted by atomic mass is 35.6. The van der Waals surface area contributed by atoms with Crippen LogP contribution in [-0.2, 0) is 3.79 Å². The van der Waals surface area contributed by atoms with Crippen molar-refractivity contribution in [3.05, 3.63) is 29.8 Å². The Kier molecular flexibility index (Phi) is 4.59. The quantitative estimate of drug-likeness (QED) is 0.748. The van der Waals surface area contributed by atoms with Crippen LogP contribution in [0.5, 0.6) is 5.75 Å². The lowest BCUT2D eigenvalue weighted by Gasteiger charge is -2.18. The van der Waals surface area contributed by atoms with Crippen molar-refractivity contribution >= 4 is 34.8 Å². The van der Waals surface area contributed by atoms with Crippen molar-refractivity contribution in [1.82, 2.24) is 0 Å². The first-order chi connectivity index (χ1) is 7.32. The Morgan fingerprint density at radius 3 is 2.12 bits per heavy atom. The Morgan fingerprint density at radius 1 is 1.06 bits per heavy atom. The van der Waals surface area contributed by atoms with Crippen LogP contribution in [0.4, 0.5) is 13.2 Å². The maximum absolute atomic E-state index is 12.7. The van der Waals surface area contributed by atoms with Gasteiger partial charge in [0.2, 0.25) is 3.79 Å². The zero-order chi connectivity index (χ0) is 12.3. The van der Waals surface area contributed by atoms with Crippen molar-refractivity contribution in [1.29, 1.82) is 0 Å². The van der Waals surface area contributed by atoms with Gasteiger partial charge in [0.15, 0.2) is 0 Å². The molecule has 0 spiro atoms. The zero-order valence-electron chi connectivity index (χ0n) is 7.64. The molecule has 0 aromatic heterocycles. The molecule has 0 saturated heterocycles. The maximum Gasteiger partial charge on any atom is 0.304 e. The molecule has 1 unspecified atom stereocenters. The van der Waals surface area contributed by atoms with Gasteiger partial charge in [-0.15, -0.1) is 0 Å². The van der Waals surface area contributed by atoms with E-state index in [9.17, 15) is 13.2 Å². The molecule has 90 valence electrons. The van der Waals surface area contributed by atoms with Crippen molar-refractivity contribution in [3.8, 4) is 5.75 Å². The van der Waals surface area contributed by atoms with Crippen LogP contribution in [0.3, 0.4) is 0 Å². The standard InChI is InChI=1S/C9H6Cl3F3O/c10-9(11,12)5-3-1-2-4-6(5)16-8(15)7(13)14/h1-4,7-8H. The molecule has 0 aliphatic carbocycles. The monoisotopic (exact) mass is 292 g/mol.